The van der Waals surface area contributed by atoms with Crippen LogP contribution in [-0.4, -0.2) is 48.7 Å². The van der Waals surface area contributed by atoms with Crippen LogP contribution in [0.3, 0.4) is 0 Å². The molecule has 0 aliphatic rings. The number of nitrogens with one attached hydrogen (secondary N) is 1. The Labute approximate surface area is 99.0 Å². The van der Waals surface area contributed by atoms with Crippen LogP contribution in [-0.2, 0) is 4.79 Å². The van der Waals surface area contributed by atoms with Crippen LogP contribution < -0.4 is 5.32 Å². The first kappa shape index (κ1) is 15.4. The normalized spacial score (nSPS) is 15.4. The first-order valence-corrected chi connectivity index (χ1v) is 5.93. The number of aliphatic carboxylic acids is 1. The van der Waals surface area contributed by atoms with Gasteiger partial charge in [-0.05, 0) is 33.4 Å². The fourth-order valence-electron chi connectivity index (χ4n) is 1.93. The van der Waals surface area contributed by atoms with E-state index in [9.17, 15) is 4.79 Å². The van der Waals surface area contributed by atoms with Gasteiger partial charge in [0.05, 0.1) is 6.42 Å². The first-order chi connectivity index (χ1) is 7.31. The Morgan fingerprint density at radius 1 is 1.31 bits per heavy atom. The second-order valence-electron chi connectivity index (χ2n) is 5.25. The highest BCUT2D eigenvalue weighted by Gasteiger charge is 2.16. The third kappa shape index (κ3) is 8.68. The lowest BCUT2D eigenvalue weighted by molar-refractivity contribution is -0.137. The molecule has 0 aromatic rings. The van der Waals surface area contributed by atoms with Crippen molar-refractivity contribution in [1.29, 1.82) is 0 Å². The maximum Gasteiger partial charge on any atom is 0.304 e. The molecule has 0 radical (unpaired) electrons. The van der Waals surface area contributed by atoms with Gasteiger partial charge < -0.3 is 15.3 Å². The molecule has 0 amide bonds. The zero-order valence-electron chi connectivity index (χ0n) is 11.2. The molecule has 0 bridgehead atoms. The molecular weight excluding hydrogens is 204 g/mol. The quantitative estimate of drug-likeness (QED) is 0.662. The molecule has 16 heavy (non-hydrogen) atoms. The number of carboxylic acids is 1. The van der Waals surface area contributed by atoms with Gasteiger partial charge in [0.2, 0.25) is 0 Å². The molecule has 4 heteroatoms. The number of rotatable bonds is 8. The molecule has 2 atom stereocenters. The van der Waals surface area contributed by atoms with Crippen molar-refractivity contribution in [3.05, 3.63) is 0 Å². The average Bonchev–Trinajstić information content (AvgIpc) is 1.97. The Morgan fingerprint density at radius 2 is 1.88 bits per heavy atom. The highest BCUT2D eigenvalue weighted by atomic mass is 16.4. The third-order valence-corrected chi connectivity index (χ3v) is 2.34. The molecule has 0 spiro atoms. The van der Waals surface area contributed by atoms with Gasteiger partial charge in [-0.25, -0.2) is 0 Å². The zero-order chi connectivity index (χ0) is 12.7. The van der Waals surface area contributed by atoms with E-state index in [0.717, 1.165) is 13.0 Å². The molecule has 2 N–H and O–H groups in total. The molecule has 0 aromatic heterocycles. The van der Waals surface area contributed by atoms with Crippen molar-refractivity contribution in [3.63, 3.8) is 0 Å². The molecule has 0 aliphatic heterocycles. The summed E-state index contributed by atoms with van der Waals surface area (Å²) in [5, 5.41) is 12.1. The van der Waals surface area contributed by atoms with E-state index in [1.54, 1.807) is 0 Å². The van der Waals surface area contributed by atoms with E-state index in [1.807, 2.05) is 21.0 Å². The van der Waals surface area contributed by atoms with Crippen molar-refractivity contribution in [2.45, 2.75) is 45.7 Å². The predicted molar refractivity (Wildman–Crippen MR) is 66.6 cm³/mol. The van der Waals surface area contributed by atoms with Crippen LogP contribution in [0.15, 0.2) is 0 Å². The molecule has 96 valence electrons. The van der Waals surface area contributed by atoms with Crippen LogP contribution >= 0.6 is 0 Å². The summed E-state index contributed by atoms with van der Waals surface area (Å²) >= 11 is 0. The van der Waals surface area contributed by atoms with Crippen LogP contribution in [0.5, 0.6) is 0 Å². The van der Waals surface area contributed by atoms with Crippen molar-refractivity contribution >= 4 is 5.97 Å². The second-order valence-corrected chi connectivity index (χ2v) is 5.25. The van der Waals surface area contributed by atoms with Crippen molar-refractivity contribution in [1.82, 2.24) is 10.2 Å². The largest absolute Gasteiger partial charge is 0.481 e. The number of carboxylic acid groups (broad SMARTS) is 1. The van der Waals surface area contributed by atoms with Crippen LogP contribution in [0.4, 0.5) is 0 Å². The summed E-state index contributed by atoms with van der Waals surface area (Å²) in [6.45, 7) is 7.25. The summed E-state index contributed by atoms with van der Waals surface area (Å²) in [6, 6.07) is 0.394. The molecule has 0 aliphatic carbocycles. The van der Waals surface area contributed by atoms with Gasteiger partial charge in [0.25, 0.3) is 0 Å². The minimum Gasteiger partial charge on any atom is -0.481 e. The molecule has 0 rings (SSSR count). The van der Waals surface area contributed by atoms with E-state index >= 15 is 0 Å². The van der Waals surface area contributed by atoms with Gasteiger partial charge in [-0.2, -0.15) is 0 Å². The summed E-state index contributed by atoms with van der Waals surface area (Å²) in [5.41, 5.74) is 0. The molecule has 0 saturated carbocycles. The molecule has 0 heterocycles. The lowest BCUT2D eigenvalue weighted by Crippen LogP contribution is -2.44. The average molecular weight is 230 g/mol. The lowest BCUT2D eigenvalue weighted by Gasteiger charge is -2.26. The summed E-state index contributed by atoms with van der Waals surface area (Å²) in [5.74, 6) is -0.123. The van der Waals surface area contributed by atoms with Gasteiger partial charge in [-0.3, -0.25) is 4.79 Å². The van der Waals surface area contributed by atoms with Crippen molar-refractivity contribution in [2.24, 2.45) is 5.92 Å². The maximum atomic E-state index is 10.6. The minimum absolute atomic E-state index is 0.0289. The van der Waals surface area contributed by atoms with Crippen molar-refractivity contribution in [3.8, 4) is 0 Å². The van der Waals surface area contributed by atoms with E-state index in [4.69, 9.17) is 5.11 Å². The Balaban J connectivity index is 4.13. The fourth-order valence-corrected chi connectivity index (χ4v) is 1.93. The van der Waals surface area contributed by atoms with E-state index in [-0.39, 0.29) is 12.5 Å². The number of carbonyl (C=O) groups is 1. The SMILES string of the molecule is CC(C)CC(CN(C)C)NC(C)CC(=O)O. The highest BCUT2D eigenvalue weighted by molar-refractivity contribution is 5.67. The van der Waals surface area contributed by atoms with Gasteiger partial charge in [0.1, 0.15) is 0 Å². The van der Waals surface area contributed by atoms with Crippen molar-refractivity contribution < 1.29 is 9.90 Å². The Morgan fingerprint density at radius 3 is 2.25 bits per heavy atom. The van der Waals surface area contributed by atoms with Crippen LogP contribution in [0.2, 0.25) is 0 Å². The molecule has 2 unspecified atom stereocenters. The molecule has 4 nitrogen and oxygen atoms in total. The summed E-state index contributed by atoms with van der Waals surface area (Å²) in [7, 11) is 4.08. The van der Waals surface area contributed by atoms with Crippen LogP contribution in [0.25, 0.3) is 0 Å². The number of hydrogen-bond donors (Lipinski definition) is 2. The van der Waals surface area contributed by atoms with E-state index in [1.165, 1.54) is 0 Å². The van der Waals surface area contributed by atoms with Gasteiger partial charge in [0.15, 0.2) is 0 Å². The molecule has 0 fully saturated rings. The van der Waals surface area contributed by atoms with E-state index < -0.39 is 5.97 Å². The first-order valence-electron chi connectivity index (χ1n) is 5.93. The summed E-state index contributed by atoms with van der Waals surface area (Å²) in [4.78, 5) is 12.7. The molecule has 0 aromatic carbocycles. The maximum absolute atomic E-state index is 10.6. The van der Waals surface area contributed by atoms with Crippen molar-refractivity contribution in [2.75, 3.05) is 20.6 Å². The van der Waals surface area contributed by atoms with Gasteiger partial charge in [0, 0.05) is 18.6 Å². The lowest BCUT2D eigenvalue weighted by atomic mass is 10.0. The number of nitrogens with zero attached hydrogens (tertiary/aromatic N) is 1. The zero-order valence-corrected chi connectivity index (χ0v) is 11.2. The molecular formula is C12H26N2O2. The third-order valence-electron chi connectivity index (χ3n) is 2.34. The van der Waals surface area contributed by atoms with Gasteiger partial charge in [-0.15, -0.1) is 0 Å². The minimum atomic E-state index is -0.742. The van der Waals surface area contributed by atoms with Gasteiger partial charge in [-0.1, -0.05) is 13.8 Å². The standard InChI is InChI=1S/C12H26N2O2/c1-9(2)6-11(8-14(4)5)13-10(3)7-12(15)16/h9-11,13H,6-8H2,1-5H3,(H,15,16). The van der Waals surface area contributed by atoms with Crippen LogP contribution in [0.1, 0.15) is 33.6 Å². The number of hydrogen-bond acceptors (Lipinski definition) is 3. The molecule has 0 saturated heterocycles. The number of likely N-dealkylation sites (N-methyl/N-ethyl adjacent to an activating group) is 1. The predicted octanol–water partition coefficient (Wildman–Crippen LogP) is 1.42. The van der Waals surface area contributed by atoms with Crippen LogP contribution in [0, 0.1) is 5.92 Å². The monoisotopic (exact) mass is 230 g/mol. The second kappa shape index (κ2) is 7.63. The Bertz CT molecular complexity index is 195. The van der Waals surface area contributed by atoms with E-state index in [2.05, 4.69) is 24.1 Å². The van der Waals surface area contributed by atoms with Gasteiger partial charge >= 0.3 is 5.97 Å². The fraction of sp³-hybridized carbons (Fsp3) is 0.917. The Hall–Kier alpha value is -0.610. The topological polar surface area (TPSA) is 52.6 Å². The van der Waals surface area contributed by atoms with E-state index in [0.29, 0.717) is 12.0 Å². The Kier molecular flexibility index (Phi) is 7.34. The summed E-state index contributed by atoms with van der Waals surface area (Å²) in [6.07, 6.45) is 1.25. The summed E-state index contributed by atoms with van der Waals surface area (Å²) < 4.78 is 0. The smallest absolute Gasteiger partial charge is 0.304 e. The highest BCUT2D eigenvalue weighted by Crippen LogP contribution is 2.07.